The largest absolute Gasteiger partial charge is 0.454 e. The number of nitrogens with zero attached hydrogens (tertiary/aromatic N) is 3. The van der Waals surface area contributed by atoms with Gasteiger partial charge in [-0.05, 0) is 29.8 Å². The second-order valence-corrected chi connectivity index (χ2v) is 4.58. The average Bonchev–Trinajstić information content (AvgIpc) is 2.95. The highest BCUT2D eigenvalue weighted by Gasteiger charge is 2.14. The lowest BCUT2D eigenvalue weighted by atomic mass is 10.1. The zero-order valence-electron chi connectivity index (χ0n) is 10.6. The van der Waals surface area contributed by atoms with Crippen molar-refractivity contribution in [1.82, 2.24) is 4.68 Å². The Morgan fingerprint density at radius 3 is 2.90 bits per heavy atom. The molecule has 2 heterocycles. The summed E-state index contributed by atoms with van der Waals surface area (Å²) in [6.07, 6.45) is 1.81. The van der Waals surface area contributed by atoms with Crippen LogP contribution < -0.4 is 15.0 Å². The molecule has 2 aromatic rings. The summed E-state index contributed by atoms with van der Waals surface area (Å²) < 4.78 is 12.4. The van der Waals surface area contributed by atoms with Crippen molar-refractivity contribution in [3.8, 4) is 22.6 Å². The van der Waals surface area contributed by atoms with Gasteiger partial charge in [-0.3, -0.25) is 4.99 Å². The van der Waals surface area contributed by atoms with Gasteiger partial charge >= 0.3 is 0 Å². The number of pyridine rings is 1. The Bertz CT molecular complexity index is 725. The summed E-state index contributed by atoms with van der Waals surface area (Å²) >= 11 is 3.32. The fourth-order valence-electron chi connectivity index (χ4n) is 2.11. The monoisotopic (exact) mass is 333 g/mol. The van der Waals surface area contributed by atoms with E-state index in [2.05, 4.69) is 32.7 Å². The molecule has 1 aliphatic heterocycles. The minimum Gasteiger partial charge on any atom is -0.454 e. The number of fused-ring (bicyclic) bond motifs is 1. The minimum absolute atomic E-state index is 0.264. The maximum atomic E-state index is 5.41. The Kier molecular flexibility index (Phi) is 3.56. The van der Waals surface area contributed by atoms with Crippen molar-refractivity contribution < 1.29 is 9.47 Å². The van der Waals surface area contributed by atoms with Crippen LogP contribution in [0.5, 0.6) is 11.5 Å². The van der Waals surface area contributed by atoms with Gasteiger partial charge in [0.15, 0.2) is 17.0 Å². The Labute approximate surface area is 124 Å². The summed E-state index contributed by atoms with van der Waals surface area (Å²) in [5, 5.41) is 3.94. The second-order valence-electron chi connectivity index (χ2n) is 4.08. The number of ether oxygens (including phenoxy) is 2. The molecule has 0 saturated carbocycles. The maximum absolute atomic E-state index is 5.41. The molecule has 0 spiro atoms. The third-order valence-corrected chi connectivity index (χ3v) is 3.24. The third-order valence-electron chi connectivity index (χ3n) is 2.99. The Morgan fingerprint density at radius 2 is 2.10 bits per heavy atom. The summed E-state index contributed by atoms with van der Waals surface area (Å²) in [7, 11) is 0. The first-order chi connectivity index (χ1) is 9.83. The number of hydrogen-bond donors (Lipinski definition) is 0. The summed E-state index contributed by atoms with van der Waals surface area (Å²) in [6.45, 7) is 3.82. The normalized spacial score (nSPS) is 13.6. The highest BCUT2D eigenvalue weighted by Crippen LogP contribution is 2.35. The Hall–Kier alpha value is -2.08. The summed E-state index contributed by atoms with van der Waals surface area (Å²) in [6, 6.07) is 9.71. The maximum Gasteiger partial charge on any atom is 0.231 e. The standard InChI is InChI=1S/C14H12BrN3O2/c1-16-18-6-2-3-11(14(18)17-8-15)10-4-5-12-13(7-10)20-9-19-12/h2-7H,1,8-9H2/b17-14-. The van der Waals surface area contributed by atoms with E-state index in [1.807, 2.05) is 36.5 Å². The predicted octanol–water partition coefficient (Wildman–Crippen LogP) is 2.60. The van der Waals surface area contributed by atoms with Crippen molar-refractivity contribution in [3.05, 3.63) is 42.0 Å². The van der Waals surface area contributed by atoms with E-state index in [0.29, 0.717) is 5.45 Å². The van der Waals surface area contributed by atoms with Crippen LogP contribution in [0.4, 0.5) is 0 Å². The number of benzene rings is 1. The van der Waals surface area contributed by atoms with Gasteiger partial charge in [-0.25, -0.2) is 4.68 Å². The highest BCUT2D eigenvalue weighted by atomic mass is 79.9. The van der Waals surface area contributed by atoms with E-state index in [-0.39, 0.29) is 6.79 Å². The van der Waals surface area contributed by atoms with Gasteiger partial charge in [0, 0.05) is 18.5 Å². The second kappa shape index (κ2) is 5.50. The van der Waals surface area contributed by atoms with Gasteiger partial charge in [0.05, 0.1) is 5.45 Å². The lowest BCUT2D eigenvalue weighted by molar-refractivity contribution is 0.174. The van der Waals surface area contributed by atoms with Gasteiger partial charge in [-0.1, -0.05) is 22.0 Å². The molecular weight excluding hydrogens is 322 g/mol. The van der Waals surface area contributed by atoms with Gasteiger partial charge in [-0.15, -0.1) is 0 Å². The van der Waals surface area contributed by atoms with Crippen molar-refractivity contribution in [2.75, 3.05) is 12.2 Å². The zero-order chi connectivity index (χ0) is 13.9. The van der Waals surface area contributed by atoms with Crippen LogP contribution in [-0.4, -0.2) is 23.6 Å². The van der Waals surface area contributed by atoms with Crippen molar-refractivity contribution >= 4 is 22.6 Å². The predicted molar refractivity (Wildman–Crippen MR) is 80.3 cm³/mol. The molecule has 20 heavy (non-hydrogen) atoms. The third kappa shape index (κ3) is 2.22. The van der Waals surface area contributed by atoms with E-state index in [1.165, 1.54) is 0 Å². The highest BCUT2D eigenvalue weighted by molar-refractivity contribution is 9.09. The van der Waals surface area contributed by atoms with Crippen molar-refractivity contribution in [3.63, 3.8) is 0 Å². The number of rotatable bonds is 3. The minimum atomic E-state index is 0.264. The molecule has 0 aliphatic carbocycles. The average molecular weight is 334 g/mol. The number of aromatic nitrogens is 1. The lowest BCUT2D eigenvalue weighted by Crippen LogP contribution is -2.19. The molecule has 0 amide bonds. The van der Waals surface area contributed by atoms with E-state index in [9.17, 15) is 0 Å². The van der Waals surface area contributed by atoms with Crippen molar-refractivity contribution in [1.29, 1.82) is 0 Å². The molecule has 3 rings (SSSR count). The van der Waals surface area contributed by atoms with Crippen LogP contribution in [0.2, 0.25) is 0 Å². The van der Waals surface area contributed by atoms with E-state index in [4.69, 9.17) is 9.47 Å². The first-order valence-electron chi connectivity index (χ1n) is 5.98. The van der Waals surface area contributed by atoms with Gasteiger partial charge in [-0.2, -0.15) is 5.10 Å². The van der Waals surface area contributed by atoms with Gasteiger partial charge < -0.3 is 9.47 Å². The van der Waals surface area contributed by atoms with Crippen LogP contribution in [0.25, 0.3) is 11.1 Å². The molecule has 5 nitrogen and oxygen atoms in total. The van der Waals surface area contributed by atoms with Crippen LogP contribution >= 0.6 is 15.9 Å². The topological polar surface area (TPSA) is 48.1 Å². The fraction of sp³-hybridized carbons (Fsp3) is 0.143. The first-order valence-corrected chi connectivity index (χ1v) is 7.11. The van der Waals surface area contributed by atoms with E-state index < -0.39 is 0 Å². The van der Waals surface area contributed by atoms with Crippen molar-refractivity contribution in [2.45, 2.75) is 0 Å². The fourth-order valence-corrected chi connectivity index (χ4v) is 2.34. The number of halogens is 1. The quantitative estimate of drug-likeness (QED) is 0.492. The molecule has 0 radical (unpaired) electrons. The van der Waals surface area contributed by atoms with Gasteiger partial charge in [0.25, 0.3) is 0 Å². The molecule has 1 aromatic carbocycles. The molecule has 0 saturated heterocycles. The number of hydrogen-bond acceptors (Lipinski definition) is 4. The molecule has 102 valence electrons. The van der Waals surface area contributed by atoms with Crippen LogP contribution in [0, 0.1) is 0 Å². The van der Waals surface area contributed by atoms with Crippen molar-refractivity contribution in [2.24, 2.45) is 10.1 Å². The van der Waals surface area contributed by atoms with E-state index >= 15 is 0 Å². The summed E-state index contributed by atoms with van der Waals surface area (Å²) in [4.78, 5) is 4.42. The summed E-state index contributed by atoms with van der Waals surface area (Å²) in [5.74, 6) is 1.51. The SMILES string of the molecule is C=Nn1cccc(-c2ccc3c(c2)OCO3)/c1=N/CBr. The molecule has 0 N–H and O–H groups in total. The molecule has 0 atom stereocenters. The molecular formula is C14H12BrN3O2. The van der Waals surface area contributed by atoms with E-state index in [1.54, 1.807) is 4.68 Å². The molecule has 1 aliphatic rings. The smallest absolute Gasteiger partial charge is 0.231 e. The molecule has 1 aromatic heterocycles. The molecule has 0 unspecified atom stereocenters. The molecule has 6 heteroatoms. The van der Waals surface area contributed by atoms with Gasteiger partial charge in [0.1, 0.15) is 0 Å². The van der Waals surface area contributed by atoms with Crippen LogP contribution in [0.15, 0.2) is 46.6 Å². The molecule has 0 bridgehead atoms. The Balaban J connectivity index is 2.19. The van der Waals surface area contributed by atoms with Crippen LogP contribution in [0.3, 0.4) is 0 Å². The van der Waals surface area contributed by atoms with Gasteiger partial charge in [0.2, 0.25) is 6.79 Å². The van der Waals surface area contributed by atoms with Crippen LogP contribution in [0.1, 0.15) is 0 Å². The number of alkyl halides is 1. The zero-order valence-corrected chi connectivity index (χ0v) is 12.2. The van der Waals surface area contributed by atoms with E-state index in [0.717, 1.165) is 28.1 Å². The van der Waals surface area contributed by atoms with Crippen LogP contribution in [-0.2, 0) is 0 Å². The Morgan fingerprint density at radius 1 is 1.25 bits per heavy atom. The lowest BCUT2D eigenvalue weighted by Gasteiger charge is -2.07. The first kappa shape index (κ1) is 12.9. The molecule has 0 fully saturated rings. The summed E-state index contributed by atoms with van der Waals surface area (Å²) in [5.41, 5.74) is 3.17.